The second-order valence-electron chi connectivity index (χ2n) is 3.87. The van der Waals surface area contributed by atoms with Crippen LogP contribution in [0.3, 0.4) is 0 Å². The molecule has 0 aromatic carbocycles. The first-order valence-electron chi connectivity index (χ1n) is 6.11. The van der Waals surface area contributed by atoms with Crippen molar-refractivity contribution < 1.29 is 9.47 Å². The molecule has 0 aromatic heterocycles. The molecular formula is C11H23N3O2. The van der Waals surface area contributed by atoms with Crippen molar-refractivity contribution in [1.29, 1.82) is 5.41 Å². The molecule has 0 amide bonds. The quantitative estimate of drug-likeness (QED) is 0.572. The molecule has 1 rings (SSSR count). The van der Waals surface area contributed by atoms with E-state index in [0.29, 0.717) is 32.3 Å². The highest BCUT2D eigenvalue weighted by Crippen LogP contribution is 1.99. The molecule has 1 saturated heterocycles. The summed E-state index contributed by atoms with van der Waals surface area (Å²) in [5, 5.41) is 13.6. The van der Waals surface area contributed by atoms with Gasteiger partial charge >= 0.3 is 0 Å². The number of ether oxygens (including phenoxy) is 2. The highest BCUT2D eigenvalue weighted by atomic mass is 16.5. The van der Waals surface area contributed by atoms with Gasteiger partial charge in [-0.15, -0.1) is 0 Å². The molecule has 0 aromatic rings. The fourth-order valence-corrected chi connectivity index (χ4v) is 1.53. The SMILES string of the molecule is N=C1NCCCCCCOCCOCCN1. The largest absolute Gasteiger partial charge is 0.379 e. The van der Waals surface area contributed by atoms with Crippen LogP contribution in [0, 0.1) is 5.41 Å². The topological polar surface area (TPSA) is 66.4 Å². The first kappa shape index (κ1) is 13.3. The lowest BCUT2D eigenvalue weighted by atomic mass is 10.2. The Morgan fingerprint density at radius 3 is 2.31 bits per heavy atom. The third kappa shape index (κ3) is 7.48. The van der Waals surface area contributed by atoms with Crippen molar-refractivity contribution in [3.8, 4) is 0 Å². The van der Waals surface area contributed by atoms with Gasteiger partial charge in [0.1, 0.15) is 0 Å². The van der Waals surface area contributed by atoms with Gasteiger partial charge in [-0.2, -0.15) is 0 Å². The second kappa shape index (κ2) is 9.42. The maximum atomic E-state index is 7.56. The molecule has 1 aliphatic heterocycles. The lowest BCUT2D eigenvalue weighted by Gasteiger charge is -2.09. The van der Waals surface area contributed by atoms with Gasteiger partial charge in [0.2, 0.25) is 0 Å². The standard InChI is InChI=1S/C11H23N3O2/c12-11-13-5-3-1-2-4-7-15-9-10-16-8-6-14-11/h1-10H2,(H3,12,13,14). The van der Waals surface area contributed by atoms with Crippen molar-refractivity contribution in [2.45, 2.75) is 25.7 Å². The molecule has 1 heterocycles. The average molecular weight is 229 g/mol. The predicted molar refractivity (Wildman–Crippen MR) is 63.8 cm³/mol. The summed E-state index contributed by atoms with van der Waals surface area (Å²) in [6, 6.07) is 0. The molecular weight excluding hydrogens is 206 g/mol. The lowest BCUT2D eigenvalue weighted by molar-refractivity contribution is 0.0483. The molecule has 0 spiro atoms. The van der Waals surface area contributed by atoms with Gasteiger partial charge in [0.15, 0.2) is 5.96 Å². The molecule has 94 valence electrons. The summed E-state index contributed by atoms with van der Waals surface area (Å²) in [6.45, 7) is 4.32. The lowest BCUT2D eigenvalue weighted by Crippen LogP contribution is -2.38. The van der Waals surface area contributed by atoms with E-state index in [1.165, 1.54) is 12.8 Å². The Morgan fingerprint density at radius 2 is 1.44 bits per heavy atom. The fraction of sp³-hybridized carbons (Fsp3) is 0.909. The average Bonchev–Trinajstić information content (AvgIpc) is 2.29. The van der Waals surface area contributed by atoms with Crippen molar-refractivity contribution in [1.82, 2.24) is 10.6 Å². The molecule has 0 atom stereocenters. The summed E-state index contributed by atoms with van der Waals surface area (Å²) in [5.74, 6) is 0.398. The number of hydrogen-bond donors (Lipinski definition) is 3. The van der Waals surface area contributed by atoms with Crippen LogP contribution in [0.5, 0.6) is 0 Å². The number of guanidine groups is 1. The first-order chi connectivity index (χ1) is 7.89. The number of nitrogens with one attached hydrogen (secondary N) is 3. The van der Waals surface area contributed by atoms with Crippen LogP contribution >= 0.6 is 0 Å². The van der Waals surface area contributed by atoms with Crippen molar-refractivity contribution in [2.24, 2.45) is 0 Å². The Kier molecular flexibility index (Phi) is 7.80. The summed E-state index contributed by atoms with van der Waals surface area (Å²) in [7, 11) is 0. The summed E-state index contributed by atoms with van der Waals surface area (Å²) in [6.07, 6.45) is 4.62. The molecule has 1 aliphatic rings. The fourth-order valence-electron chi connectivity index (χ4n) is 1.53. The molecule has 5 heteroatoms. The smallest absolute Gasteiger partial charge is 0.188 e. The molecule has 0 aliphatic carbocycles. The van der Waals surface area contributed by atoms with E-state index in [1.54, 1.807) is 0 Å². The highest BCUT2D eigenvalue weighted by Gasteiger charge is 1.97. The van der Waals surface area contributed by atoms with Crippen molar-refractivity contribution in [3.05, 3.63) is 0 Å². The van der Waals surface area contributed by atoms with Crippen LogP contribution in [0.4, 0.5) is 0 Å². The third-order valence-corrected chi connectivity index (χ3v) is 2.44. The van der Waals surface area contributed by atoms with E-state index in [9.17, 15) is 0 Å². The van der Waals surface area contributed by atoms with E-state index in [-0.39, 0.29) is 0 Å². The second-order valence-corrected chi connectivity index (χ2v) is 3.87. The van der Waals surface area contributed by atoms with Gasteiger partial charge in [-0.3, -0.25) is 5.41 Å². The maximum absolute atomic E-state index is 7.56. The molecule has 5 nitrogen and oxygen atoms in total. The van der Waals surface area contributed by atoms with Gasteiger partial charge in [0.25, 0.3) is 0 Å². The van der Waals surface area contributed by atoms with Crippen LogP contribution in [0.2, 0.25) is 0 Å². The first-order valence-corrected chi connectivity index (χ1v) is 6.11. The summed E-state index contributed by atoms with van der Waals surface area (Å²) in [4.78, 5) is 0. The van der Waals surface area contributed by atoms with E-state index < -0.39 is 0 Å². The zero-order valence-electron chi connectivity index (χ0n) is 9.89. The Bertz CT molecular complexity index is 170. The van der Waals surface area contributed by atoms with Gasteiger partial charge in [0.05, 0.1) is 19.8 Å². The number of rotatable bonds is 0. The van der Waals surface area contributed by atoms with Crippen LogP contribution < -0.4 is 10.6 Å². The maximum Gasteiger partial charge on any atom is 0.188 e. The monoisotopic (exact) mass is 229 g/mol. The van der Waals surface area contributed by atoms with Crippen molar-refractivity contribution in [2.75, 3.05) is 39.5 Å². The Hall–Kier alpha value is -0.810. The minimum Gasteiger partial charge on any atom is -0.379 e. The van der Waals surface area contributed by atoms with Gasteiger partial charge in [-0.1, -0.05) is 12.8 Å². The van der Waals surface area contributed by atoms with Crippen LogP contribution in [-0.4, -0.2) is 45.5 Å². The van der Waals surface area contributed by atoms with E-state index in [4.69, 9.17) is 14.9 Å². The van der Waals surface area contributed by atoms with Gasteiger partial charge < -0.3 is 20.1 Å². The number of hydrogen-bond acceptors (Lipinski definition) is 3. The molecule has 0 bridgehead atoms. The van der Waals surface area contributed by atoms with Crippen LogP contribution in [0.15, 0.2) is 0 Å². The van der Waals surface area contributed by atoms with E-state index in [2.05, 4.69) is 10.6 Å². The van der Waals surface area contributed by atoms with Crippen LogP contribution in [-0.2, 0) is 9.47 Å². The van der Waals surface area contributed by atoms with E-state index in [1.807, 2.05) is 0 Å². The van der Waals surface area contributed by atoms with Crippen molar-refractivity contribution in [3.63, 3.8) is 0 Å². The predicted octanol–water partition coefficient (Wildman–Crippen LogP) is 0.708. The third-order valence-electron chi connectivity index (χ3n) is 2.44. The van der Waals surface area contributed by atoms with Crippen molar-refractivity contribution >= 4 is 5.96 Å². The molecule has 16 heavy (non-hydrogen) atoms. The van der Waals surface area contributed by atoms with E-state index in [0.717, 1.165) is 26.0 Å². The Labute approximate surface area is 97.4 Å². The molecule has 0 radical (unpaired) electrons. The van der Waals surface area contributed by atoms with E-state index >= 15 is 0 Å². The highest BCUT2D eigenvalue weighted by molar-refractivity contribution is 5.76. The Balaban J connectivity index is 2.13. The van der Waals surface area contributed by atoms with Gasteiger partial charge in [0, 0.05) is 19.7 Å². The minimum atomic E-state index is 0.398. The van der Waals surface area contributed by atoms with Crippen LogP contribution in [0.1, 0.15) is 25.7 Å². The molecule has 0 unspecified atom stereocenters. The van der Waals surface area contributed by atoms with Gasteiger partial charge in [-0.25, -0.2) is 0 Å². The zero-order chi connectivity index (χ0) is 11.5. The van der Waals surface area contributed by atoms with Crippen LogP contribution in [0.25, 0.3) is 0 Å². The Morgan fingerprint density at radius 1 is 0.750 bits per heavy atom. The minimum absolute atomic E-state index is 0.398. The summed E-state index contributed by atoms with van der Waals surface area (Å²) in [5.41, 5.74) is 0. The molecule has 0 saturated carbocycles. The summed E-state index contributed by atoms with van der Waals surface area (Å²) < 4.78 is 10.8. The molecule has 3 N–H and O–H groups in total. The van der Waals surface area contributed by atoms with Gasteiger partial charge in [-0.05, 0) is 12.8 Å². The summed E-state index contributed by atoms with van der Waals surface area (Å²) >= 11 is 0. The zero-order valence-corrected chi connectivity index (χ0v) is 9.89. The normalized spacial score (nSPS) is 22.4. The molecule has 1 fully saturated rings.